The number of ether oxygens (including phenoxy) is 2. The van der Waals surface area contributed by atoms with E-state index in [2.05, 4.69) is 9.97 Å². The van der Waals surface area contributed by atoms with Gasteiger partial charge in [0.25, 0.3) is 0 Å². The van der Waals surface area contributed by atoms with Gasteiger partial charge in [-0.05, 0) is 18.6 Å². The molecule has 0 fully saturated rings. The van der Waals surface area contributed by atoms with Crippen molar-refractivity contribution in [3.8, 4) is 5.75 Å². The number of aromatic nitrogens is 2. The third kappa shape index (κ3) is 2.47. The summed E-state index contributed by atoms with van der Waals surface area (Å²) in [6.45, 7) is 2.19. The minimum atomic E-state index is -0.399. The van der Waals surface area contributed by atoms with Crippen LogP contribution in [0.4, 0.5) is 0 Å². The highest BCUT2D eigenvalue weighted by molar-refractivity contribution is 5.85. The molecule has 0 spiro atoms. The van der Waals surface area contributed by atoms with Crippen molar-refractivity contribution in [2.45, 2.75) is 26.1 Å². The van der Waals surface area contributed by atoms with Crippen LogP contribution in [0.2, 0.25) is 0 Å². The smallest absolute Gasteiger partial charge is 0.144 e. The van der Waals surface area contributed by atoms with Crippen LogP contribution in [0.5, 0.6) is 5.75 Å². The summed E-state index contributed by atoms with van der Waals surface area (Å²) in [6, 6.07) is 3.82. The van der Waals surface area contributed by atoms with Gasteiger partial charge in [0.05, 0.1) is 18.7 Å². The number of aromatic amines is 1. The number of benzene rings is 1. The lowest BCUT2D eigenvalue weighted by atomic mass is 10.1. The van der Waals surface area contributed by atoms with Crippen LogP contribution >= 0.6 is 0 Å². The summed E-state index contributed by atoms with van der Waals surface area (Å²) < 4.78 is 10.4. The van der Waals surface area contributed by atoms with E-state index in [9.17, 15) is 5.11 Å². The largest absolute Gasteiger partial charge is 0.494 e. The first kappa shape index (κ1) is 12.9. The standard InChI is InChI=1S/C13H18N2O3/c1-8(16)6-9-4-5-10(18-3)13-12(9)14-11(15-13)7-17-2/h4-5,8,16H,6-7H2,1-3H3,(H,14,15). The zero-order chi connectivity index (χ0) is 13.1. The molecule has 0 amide bonds. The number of nitrogens with zero attached hydrogens (tertiary/aromatic N) is 1. The first-order valence-corrected chi connectivity index (χ1v) is 5.87. The molecule has 2 aromatic rings. The number of hydrogen-bond donors (Lipinski definition) is 2. The summed E-state index contributed by atoms with van der Waals surface area (Å²) in [5, 5.41) is 9.51. The Bertz CT molecular complexity index is 534. The van der Waals surface area contributed by atoms with E-state index in [-0.39, 0.29) is 0 Å². The summed E-state index contributed by atoms with van der Waals surface area (Å²) in [6.07, 6.45) is 0.168. The van der Waals surface area contributed by atoms with Gasteiger partial charge in [0.1, 0.15) is 23.7 Å². The Labute approximate surface area is 106 Å². The second kappa shape index (κ2) is 5.37. The van der Waals surface area contributed by atoms with Gasteiger partial charge in [-0.25, -0.2) is 4.98 Å². The van der Waals surface area contributed by atoms with E-state index in [0.29, 0.717) is 13.0 Å². The van der Waals surface area contributed by atoms with E-state index in [4.69, 9.17) is 9.47 Å². The van der Waals surface area contributed by atoms with Crippen LogP contribution in [-0.4, -0.2) is 35.4 Å². The third-order valence-corrected chi connectivity index (χ3v) is 2.76. The SMILES string of the molecule is COCc1nc2c(CC(C)O)ccc(OC)c2[nH]1. The van der Waals surface area contributed by atoms with E-state index in [1.807, 2.05) is 12.1 Å². The van der Waals surface area contributed by atoms with Crippen LogP contribution < -0.4 is 4.74 Å². The van der Waals surface area contributed by atoms with Crippen LogP contribution in [0.3, 0.4) is 0 Å². The maximum absolute atomic E-state index is 9.51. The van der Waals surface area contributed by atoms with Crippen molar-refractivity contribution in [1.29, 1.82) is 0 Å². The fourth-order valence-electron chi connectivity index (χ4n) is 2.03. The Morgan fingerprint density at radius 2 is 2.17 bits per heavy atom. The van der Waals surface area contributed by atoms with Crippen LogP contribution in [0.25, 0.3) is 11.0 Å². The van der Waals surface area contributed by atoms with Gasteiger partial charge < -0.3 is 19.6 Å². The molecule has 0 aliphatic heterocycles. The average molecular weight is 250 g/mol. The Morgan fingerprint density at radius 1 is 1.39 bits per heavy atom. The molecular weight excluding hydrogens is 232 g/mol. The predicted molar refractivity (Wildman–Crippen MR) is 68.7 cm³/mol. The fraction of sp³-hybridized carbons (Fsp3) is 0.462. The molecule has 1 heterocycles. The number of imidazole rings is 1. The van der Waals surface area contributed by atoms with Crippen LogP contribution in [0.15, 0.2) is 12.1 Å². The quantitative estimate of drug-likeness (QED) is 0.846. The highest BCUT2D eigenvalue weighted by atomic mass is 16.5. The molecule has 5 heteroatoms. The molecule has 2 N–H and O–H groups in total. The van der Waals surface area contributed by atoms with Gasteiger partial charge in [0.15, 0.2) is 0 Å². The summed E-state index contributed by atoms with van der Waals surface area (Å²) in [4.78, 5) is 7.68. The van der Waals surface area contributed by atoms with E-state index < -0.39 is 6.10 Å². The molecule has 98 valence electrons. The zero-order valence-corrected chi connectivity index (χ0v) is 10.9. The Balaban J connectivity index is 2.52. The minimum Gasteiger partial charge on any atom is -0.494 e. The van der Waals surface area contributed by atoms with Crippen molar-refractivity contribution in [3.63, 3.8) is 0 Å². The topological polar surface area (TPSA) is 67.4 Å². The van der Waals surface area contributed by atoms with E-state index in [1.165, 1.54) is 0 Å². The van der Waals surface area contributed by atoms with Gasteiger partial charge in [-0.2, -0.15) is 0 Å². The van der Waals surface area contributed by atoms with Crippen LogP contribution in [0, 0.1) is 0 Å². The molecule has 0 aliphatic rings. The minimum absolute atomic E-state index is 0.399. The first-order valence-electron chi connectivity index (χ1n) is 5.87. The number of hydrogen-bond acceptors (Lipinski definition) is 4. The van der Waals surface area contributed by atoms with Crippen LogP contribution in [-0.2, 0) is 17.8 Å². The average Bonchev–Trinajstić information content (AvgIpc) is 2.73. The second-order valence-electron chi connectivity index (χ2n) is 4.32. The molecule has 2 rings (SSSR count). The van der Waals surface area contributed by atoms with E-state index >= 15 is 0 Å². The first-order chi connectivity index (χ1) is 8.65. The summed E-state index contributed by atoms with van der Waals surface area (Å²) in [5.74, 6) is 1.50. The molecule has 1 unspecified atom stereocenters. The molecule has 0 radical (unpaired) electrons. The lowest BCUT2D eigenvalue weighted by molar-refractivity contribution is 0.179. The van der Waals surface area contributed by atoms with Gasteiger partial charge in [-0.3, -0.25) is 0 Å². The third-order valence-electron chi connectivity index (χ3n) is 2.76. The molecule has 0 aliphatic carbocycles. The van der Waals surface area contributed by atoms with Gasteiger partial charge >= 0.3 is 0 Å². The van der Waals surface area contributed by atoms with E-state index in [0.717, 1.165) is 28.2 Å². The second-order valence-corrected chi connectivity index (χ2v) is 4.32. The van der Waals surface area contributed by atoms with Crippen molar-refractivity contribution in [2.75, 3.05) is 14.2 Å². The number of rotatable bonds is 5. The predicted octanol–water partition coefficient (Wildman–Crippen LogP) is 1.64. The van der Waals surface area contributed by atoms with Gasteiger partial charge in [-0.15, -0.1) is 0 Å². The van der Waals surface area contributed by atoms with Crippen molar-refractivity contribution >= 4 is 11.0 Å². The van der Waals surface area contributed by atoms with Gasteiger partial charge in [0, 0.05) is 13.5 Å². The highest BCUT2D eigenvalue weighted by Gasteiger charge is 2.13. The van der Waals surface area contributed by atoms with Gasteiger partial charge in [-0.1, -0.05) is 6.07 Å². The highest BCUT2D eigenvalue weighted by Crippen LogP contribution is 2.27. The lowest BCUT2D eigenvalue weighted by Gasteiger charge is -2.07. The number of aliphatic hydroxyl groups excluding tert-OH is 1. The number of methoxy groups -OCH3 is 2. The van der Waals surface area contributed by atoms with Crippen LogP contribution in [0.1, 0.15) is 18.3 Å². The monoisotopic (exact) mass is 250 g/mol. The maximum Gasteiger partial charge on any atom is 0.144 e. The molecule has 0 saturated heterocycles. The Hall–Kier alpha value is -1.59. The summed E-state index contributed by atoms with van der Waals surface area (Å²) in [7, 11) is 3.25. The summed E-state index contributed by atoms with van der Waals surface area (Å²) >= 11 is 0. The number of nitrogens with one attached hydrogen (secondary N) is 1. The number of fused-ring (bicyclic) bond motifs is 1. The van der Waals surface area contributed by atoms with Crippen molar-refractivity contribution in [1.82, 2.24) is 9.97 Å². The summed E-state index contributed by atoms with van der Waals surface area (Å²) in [5.41, 5.74) is 2.68. The number of aliphatic hydroxyl groups is 1. The van der Waals surface area contributed by atoms with E-state index in [1.54, 1.807) is 21.1 Å². The fourth-order valence-corrected chi connectivity index (χ4v) is 2.03. The maximum atomic E-state index is 9.51. The van der Waals surface area contributed by atoms with Gasteiger partial charge in [0.2, 0.25) is 0 Å². The molecule has 1 atom stereocenters. The Morgan fingerprint density at radius 3 is 2.78 bits per heavy atom. The molecule has 0 saturated carbocycles. The molecule has 1 aromatic heterocycles. The van der Waals surface area contributed by atoms with Crippen molar-refractivity contribution in [2.24, 2.45) is 0 Å². The zero-order valence-electron chi connectivity index (χ0n) is 10.9. The lowest BCUT2D eigenvalue weighted by Crippen LogP contribution is -2.04. The van der Waals surface area contributed by atoms with Crippen molar-refractivity contribution < 1.29 is 14.6 Å². The molecule has 5 nitrogen and oxygen atoms in total. The Kier molecular flexibility index (Phi) is 3.84. The molecular formula is C13H18N2O3. The molecule has 1 aromatic carbocycles. The molecule has 18 heavy (non-hydrogen) atoms. The number of H-pyrrole nitrogens is 1. The normalized spacial score (nSPS) is 12.9. The molecule has 0 bridgehead atoms. The van der Waals surface area contributed by atoms with Crippen molar-refractivity contribution in [3.05, 3.63) is 23.5 Å².